The van der Waals surface area contributed by atoms with E-state index in [0.29, 0.717) is 10.9 Å². The van der Waals surface area contributed by atoms with Crippen molar-refractivity contribution in [3.8, 4) is 5.69 Å². The van der Waals surface area contributed by atoms with Crippen molar-refractivity contribution in [3.63, 3.8) is 0 Å². The lowest BCUT2D eigenvalue weighted by molar-refractivity contribution is 0.345. The van der Waals surface area contributed by atoms with Crippen LogP contribution in [0.25, 0.3) is 26.1 Å². The van der Waals surface area contributed by atoms with Crippen LogP contribution in [0.1, 0.15) is 69.3 Å². The Bertz CT molecular complexity index is 1800. The quantitative estimate of drug-likeness (QED) is 0.217. The van der Waals surface area contributed by atoms with Gasteiger partial charge in [0.2, 0.25) is 0 Å². The van der Waals surface area contributed by atoms with Crippen LogP contribution in [0.2, 0.25) is 0 Å². The Kier molecular flexibility index (Phi) is 9.43. The molecule has 5 aromatic rings. The van der Waals surface area contributed by atoms with Gasteiger partial charge in [0, 0.05) is 39.0 Å². The number of aryl methyl sites for hydroxylation is 2. The summed E-state index contributed by atoms with van der Waals surface area (Å²) in [5.41, 5.74) is 3.86. The van der Waals surface area contributed by atoms with Crippen molar-refractivity contribution in [2.45, 2.75) is 76.2 Å². The van der Waals surface area contributed by atoms with E-state index in [1.54, 1.807) is 23.3 Å². The molecule has 1 saturated carbocycles. The molecule has 0 amide bonds. The van der Waals surface area contributed by atoms with E-state index in [9.17, 15) is 9.59 Å². The normalized spacial score (nSPS) is 13.7. The monoisotopic (exact) mass is 602 g/mol. The maximum absolute atomic E-state index is 13.0. The predicted octanol–water partition coefficient (Wildman–Crippen LogP) is 6.75. The number of anilines is 1. The number of fused-ring (bicyclic) bond motifs is 3. The number of thiophene rings is 1. The van der Waals surface area contributed by atoms with Crippen molar-refractivity contribution in [2.24, 2.45) is 0 Å². The fourth-order valence-corrected chi connectivity index (χ4v) is 6.71. The highest BCUT2D eigenvalue weighted by atomic mass is 32.1. The standard InChI is InChI=1S/C17H20N4OS.C15H18N2OS/c1-20(2)12-8-9-18-16-13(12)14-15(23-16)17(22)21(10-19-14)11-6-4-3-5-7-11;1-3-4-5-14-16-10-13(19)15(18)17(14)12-8-6-11(2)7-9-12/h8-11H,3-7H2,1-2H3;6-10,19H,3-5H2,1-2H3. The Hall–Kier alpha value is -3.50. The number of aromatic nitrogens is 5. The van der Waals surface area contributed by atoms with E-state index in [0.717, 1.165) is 69.7 Å². The lowest BCUT2D eigenvalue weighted by Crippen LogP contribution is -2.26. The van der Waals surface area contributed by atoms with Crippen molar-refractivity contribution in [3.05, 3.63) is 81.1 Å². The Morgan fingerprint density at radius 1 is 1.00 bits per heavy atom. The molecule has 6 rings (SSSR count). The van der Waals surface area contributed by atoms with Gasteiger partial charge >= 0.3 is 0 Å². The van der Waals surface area contributed by atoms with Crippen LogP contribution in [0.15, 0.2) is 63.5 Å². The number of rotatable bonds is 6. The molecule has 1 aliphatic carbocycles. The van der Waals surface area contributed by atoms with Crippen LogP contribution in [0, 0.1) is 6.92 Å². The number of pyridine rings is 1. The number of hydrogen-bond acceptors (Lipinski definition) is 8. The molecule has 0 saturated heterocycles. The van der Waals surface area contributed by atoms with E-state index in [4.69, 9.17) is 0 Å². The number of benzene rings is 1. The minimum absolute atomic E-state index is 0.0922. The van der Waals surface area contributed by atoms with E-state index in [-0.39, 0.29) is 11.1 Å². The number of hydrogen-bond donors (Lipinski definition) is 1. The van der Waals surface area contributed by atoms with E-state index in [1.165, 1.54) is 36.2 Å². The second kappa shape index (κ2) is 13.2. The Balaban J connectivity index is 0.000000172. The molecular weight excluding hydrogens is 565 g/mol. The van der Waals surface area contributed by atoms with Gasteiger partial charge in [-0.2, -0.15) is 0 Å². The second-order valence-electron chi connectivity index (χ2n) is 11.1. The Morgan fingerprint density at radius 3 is 2.43 bits per heavy atom. The average Bonchev–Trinajstić information content (AvgIpc) is 3.39. The van der Waals surface area contributed by atoms with Crippen molar-refractivity contribution in [1.82, 2.24) is 24.1 Å². The lowest BCUT2D eigenvalue weighted by atomic mass is 9.95. The lowest BCUT2D eigenvalue weighted by Gasteiger charge is -2.23. The minimum atomic E-state index is -0.103. The first-order valence-corrected chi connectivity index (χ1v) is 15.9. The van der Waals surface area contributed by atoms with Gasteiger partial charge in [0.25, 0.3) is 11.1 Å². The second-order valence-corrected chi connectivity index (χ2v) is 12.6. The summed E-state index contributed by atoms with van der Waals surface area (Å²) >= 11 is 5.64. The third-order valence-electron chi connectivity index (χ3n) is 7.80. The highest BCUT2D eigenvalue weighted by Gasteiger charge is 2.21. The fourth-order valence-electron chi connectivity index (χ4n) is 5.49. The number of thiol groups is 1. The van der Waals surface area contributed by atoms with Gasteiger partial charge in [-0.25, -0.2) is 15.0 Å². The van der Waals surface area contributed by atoms with E-state index >= 15 is 0 Å². The van der Waals surface area contributed by atoms with Crippen molar-refractivity contribution in [1.29, 1.82) is 0 Å². The zero-order valence-corrected chi connectivity index (χ0v) is 26.4. The zero-order chi connectivity index (χ0) is 29.8. The van der Waals surface area contributed by atoms with Gasteiger partial charge in [-0.05, 0) is 44.4 Å². The number of unbranched alkanes of at least 4 members (excludes halogenated alkanes) is 1. The summed E-state index contributed by atoms with van der Waals surface area (Å²) in [5.74, 6) is 0.800. The van der Waals surface area contributed by atoms with Crippen LogP contribution in [0.5, 0.6) is 0 Å². The van der Waals surface area contributed by atoms with Crippen LogP contribution in [-0.4, -0.2) is 38.2 Å². The van der Waals surface area contributed by atoms with Crippen LogP contribution in [0.3, 0.4) is 0 Å². The zero-order valence-electron chi connectivity index (χ0n) is 24.7. The van der Waals surface area contributed by atoms with Crippen molar-refractivity contribution in [2.75, 3.05) is 19.0 Å². The van der Waals surface area contributed by atoms with Gasteiger partial charge in [0.05, 0.1) is 33.5 Å². The molecule has 0 spiro atoms. The summed E-state index contributed by atoms with van der Waals surface area (Å²) in [6.45, 7) is 4.15. The first-order chi connectivity index (χ1) is 20.3. The van der Waals surface area contributed by atoms with Crippen LogP contribution >= 0.6 is 24.0 Å². The van der Waals surface area contributed by atoms with Gasteiger partial charge in [0.15, 0.2) is 0 Å². The predicted molar refractivity (Wildman–Crippen MR) is 176 cm³/mol. The molecule has 8 nitrogen and oxygen atoms in total. The van der Waals surface area contributed by atoms with Crippen molar-refractivity contribution >= 4 is 50.1 Å². The molecule has 0 N–H and O–H groups in total. The molecule has 0 atom stereocenters. The van der Waals surface area contributed by atoms with Gasteiger partial charge in [-0.3, -0.25) is 18.7 Å². The summed E-state index contributed by atoms with van der Waals surface area (Å²) in [4.78, 5) is 42.0. The average molecular weight is 603 g/mol. The molecule has 1 aliphatic rings. The van der Waals surface area contributed by atoms with Gasteiger partial charge < -0.3 is 4.90 Å². The summed E-state index contributed by atoms with van der Waals surface area (Å²) in [5, 5.41) is 0.991. The molecule has 10 heteroatoms. The SMILES string of the molecule is CCCCc1ncc(S)c(=O)n1-c1ccc(C)cc1.CN(C)c1ccnc2sc3c(=O)n(C4CCCCC4)cnc3c12. The Morgan fingerprint density at radius 2 is 1.74 bits per heavy atom. The Labute approximate surface area is 255 Å². The highest BCUT2D eigenvalue weighted by Crippen LogP contribution is 2.36. The fraction of sp³-hybridized carbons (Fsp3) is 0.406. The molecule has 4 heterocycles. The van der Waals surface area contributed by atoms with Gasteiger partial charge in [-0.15, -0.1) is 24.0 Å². The van der Waals surface area contributed by atoms with Gasteiger partial charge in [-0.1, -0.05) is 50.3 Å². The maximum atomic E-state index is 13.0. The molecule has 0 bridgehead atoms. The van der Waals surface area contributed by atoms with Crippen LogP contribution in [-0.2, 0) is 6.42 Å². The minimum Gasteiger partial charge on any atom is -0.377 e. The van der Waals surface area contributed by atoms with Gasteiger partial charge in [0.1, 0.15) is 15.4 Å². The maximum Gasteiger partial charge on any atom is 0.271 e. The van der Waals surface area contributed by atoms with E-state index < -0.39 is 0 Å². The smallest absolute Gasteiger partial charge is 0.271 e. The van der Waals surface area contributed by atoms with E-state index in [1.807, 2.05) is 60.8 Å². The summed E-state index contributed by atoms with van der Waals surface area (Å²) in [7, 11) is 4.00. The first kappa shape index (κ1) is 30.0. The molecule has 0 radical (unpaired) electrons. The molecule has 1 fully saturated rings. The molecule has 4 aromatic heterocycles. The summed E-state index contributed by atoms with van der Waals surface area (Å²) in [6, 6.07) is 10.2. The van der Waals surface area contributed by atoms with Crippen molar-refractivity contribution < 1.29 is 0 Å². The molecule has 1 aromatic carbocycles. The molecule has 0 unspecified atom stereocenters. The highest BCUT2D eigenvalue weighted by molar-refractivity contribution is 7.80. The molecule has 42 heavy (non-hydrogen) atoms. The summed E-state index contributed by atoms with van der Waals surface area (Å²) < 4.78 is 4.25. The third-order valence-corrected chi connectivity index (χ3v) is 9.18. The third kappa shape index (κ3) is 6.15. The topological polar surface area (TPSA) is 85.9 Å². The largest absolute Gasteiger partial charge is 0.377 e. The van der Waals surface area contributed by atoms with Crippen LogP contribution < -0.4 is 16.0 Å². The first-order valence-electron chi connectivity index (χ1n) is 14.6. The van der Waals surface area contributed by atoms with Crippen LogP contribution in [0.4, 0.5) is 5.69 Å². The number of nitrogens with zero attached hydrogens (tertiary/aromatic N) is 6. The van der Waals surface area contributed by atoms with E-state index in [2.05, 4.69) is 34.5 Å². The summed E-state index contributed by atoms with van der Waals surface area (Å²) in [6.07, 6.45) is 13.8. The molecule has 220 valence electrons. The molecule has 0 aliphatic heterocycles. The molecular formula is C32H38N6O2S2.